The van der Waals surface area contributed by atoms with Crippen LogP contribution in [0, 0.1) is 0 Å². The second-order valence-corrected chi connectivity index (χ2v) is 7.63. The van der Waals surface area contributed by atoms with Crippen molar-refractivity contribution >= 4 is 5.96 Å². The number of aliphatic imine (C=N–C) groups is 1. The zero-order valence-electron chi connectivity index (χ0n) is 17.4. The van der Waals surface area contributed by atoms with Crippen molar-refractivity contribution in [2.24, 2.45) is 4.99 Å². The number of hydrogen-bond donors (Lipinski definition) is 2. The Balaban J connectivity index is 1.41. The summed E-state index contributed by atoms with van der Waals surface area (Å²) < 4.78 is 9.38. The molecule has 1 atom stereocenters. The Bertz CT molecular complexity index is 841. The van der Waals surface area contributed by atoms with Crippen LogP contribution in [0.4, 0.5) is 0 Å². The van der Waals surface area contributed by atoms with Crippen LogP contribution in [0.2, 0.25) is 0 Å². The van der Waals surface area contributed by atoms with Crippen molar-refractivity contribution in [3.63, 3.8) is 0 Å². The lowest BCUT2D eigenvalue weighted by Crippen LogP contribution is -2.47. The molecule has 2 aliphatic heterocycles. The number of methoxy groups -OCH3 is 1. The maximum atomic E-state index is 5.15. The summed E-state index contributed by atoms with van der Waals surface area (Å²) in [5.41, 5.74) is 0. The average molecular weight is 402 g/mol. The van der Waals surface area contributed by atoms with E-state index in [1.807, 2.05) is 4.68 Å². The lowest BCUT2D eigenvalue weighted by atomic mass is 10.1. The maximum absolute atomic E-state index is 5.15. The van der Waals surface area contributed by atoms with E-state index in [1.165, 1.54) is 19.3 Å². The molecule has 0 fully saturated rings. The number of nitrogens with zero attached hydrogens (tertiary/aromatic N) is 7. The molecule has 0 amide bonds. The molecule has 0 saturated heterocycles. The molecule has 2 aromatic rings. The molecule has 0 bridgehead atoms. The number of hydrogen-bond acceptors (Lipinski definition) is 6. The highest BCUT2D eigenvalue weighted by Crippen LogP contribution is 2.15. The number of guanidine groups is 1. The van der Waals surface area contributed by atoms with E-state index in [4.69, 9.17) is 9.73 Å². The molecular formula is C19H31N9O. The number of aromatic nitrogens is 6. The predicted molar refractivity (Wildman–Crippen MR) is 108 cm³/mol. The Morgan fingerprint density at radius 1 is 1.21 bits per heavy atom. The lowest BCUT2D eigenvalue weighted by molar-refractivity contribution is 0.177. The zero-order valence-corrected chi connectivity index (χ0v) is 17.4. The van der Waals surface area contributed by atoms with E-state index < -0.39 is 0 Å². The van der Waals surface area contributed by atoms with Crippen molar-refractivity contribution < 1.29 is 4.74 Å². The van der Waals surface area contributed by atoms with Crippen molar-refractivity contribution in [2.45, 2.75) is 77.7 Å². The molecule has 2 aromatic heterocycles. The van der Waals surface area contributed by atoms with Crippen molar-refractivity contribution in [1.82, 2.24) is 40.2 Å². The van der Waals surface area contributed by atoms with Gasteiger partial charge in [0, 0.05) is 39.1 Å². The first-order valence-corrected chi connectivity index (χ1v) is 10.6. The van der Waals surface area contributed by atoms with Crippen LogP contribution in [0.3, 0.4) is 0 Å². The molecule has 0 saturated carbocycles. The first-order chi connectivity index (χ1) is 14.3. The van der Waals surface area contributed by atoms with Gasteiger partial charge >= 0.3 is 0 Å². The van der Waals surface area contributed by atoms with E-state index in [0.717, 1.165) is 68.2 Å². The van der Waals surface area contributed by atoms with Gasteiger partial charge in [-0.25, -0.2) is 14.7 Å². The van der Waals surface area contributed by atoms with Crippen LogP contribution in [0.15, 0.2) is 4.99 Å². The summed E-state index contributed by atoms with van der Waals surface area (Å²) in [6, 6.07) is 0.257. The van der Waals surface area contributed by atoms with Crippen molar-refractivity contribution in [3.05, 3.63) is 23.3 Å². The van der Waals surface area contributed by atoms with Gasteiger partial charge in [-0.3, -0.25) is 0 Å². The van der Waals surface area contributed by atoms with E-state index in [2.05, 4.69) is 42.4 Å². The topological polar surface area (TPSA) is 107 Å². The summed E-state index contributed by atoms with van der Waals surface area (Å²) >= 11 is 0. The van der Waals surface area contributed by atoms with Crippen LogP contribution in [0.5, 0.6) is 0 Å². The SMILES string of the molecule is CCNC(=NCc1nnc2n1CCCCC2)NC1CCc2nc(COC)nn2C1. The predicted octanol–water partition coefficient (Wildman–Crippen LogP) is 0.813. The molecule has 0 spiro atoms. The number of ether oxygens (including phenoxy) is 1. The van der Waals surface area contributed by atoms with Gasteiger partial charge in [-0.2, -0.15) is 5.10 Å². The largest absolute Gasteiger partial charge is 0.377 e. The fourth-order valence-corrected chi connectivity index (χ4v) is 3.99. The van der Waals surface area contributed by atoms with Crippen molar-refractivity contribution in [3.8, 4) is 0 Å². The Morgan fingerprint density at radius 3 is 3.00 bits per heavy atom. The van der Waals surface area contributed by atoms with Gasteiger partial charge in [0.15, 0.2) is 17.6 Å². The highest BCUT2D eigenvalue weighted by molar-refractivity contribution is 5.80. The third-order valence-corrected chi connectivity index (χ3v) is 5.43. The number of fused-ring (bicyclic) bond motifs is 2. The minimum atomic E-state index is 0.257. The summed E-state index contributed by atoms with van der Waals surface area (Å²) in [5.74, 6) is 4.64. The summed E-state index contributed by atoms with van der Waals surface area (Å²) in [5, 5.41) is 20.2. The molecule has 4 rings (SSSR count). The van der Waals surface area contributed by atoms with Crippen LogP contribution >= 0.6 is 0 Å². The molecule has 10 heteroatoms. The fourth-order valence-electron chi connectivity index (χ4n) is 3.99. The minimum Gasteiger partial charge on any atom is -0.377 e. The first-order valence-electron chi connectivity index (χ1n) is 10.6. The van der Waals surface area contributed by atoms with Crippen LogP contribution in [0.25, 0.3) is 0 Å². The molecule has 0 aromatic carbocycles. The lowest BCUT2D eigenvalue weighted by Gasteiger charge is -2.25. The van der Waals surface area contributed by atoms with Gasteiger partial charge in [0.1, 0.15) is 24.8 Å². The molecule has 2 aliphatic rings. The van der Waals surface area contributed by atoms with Crippen LogP contribution in [-0.2, 0) is 43.8 Å². The first kappa shape index (κ1) is 19.8. The number of aryl methyl sites for hydroxylation is 2. The van der Waals surface area contributed by atoms with Gasteiger partial charge in [0.05, 0.1) is 6.54 Å². The second kappa shape index (κ2) is 9.34. The Kier molecular flexibility index (Phi) is 6.38. The van der Waals surface area contributed by atoms with Crippen molar-refractivity contribution in [1.29, 1.82) is 0 Å². The number of nitrogens with one attached hydrogen (secondary N) is 2. The normalized spacial score (nSPS) is 19.4. The van der Waals surface area contributed by atoms with E-state index >= 15 is 0 Å². The Hall–Kier alpha value is -2.49. The van der Waals surface area contributed by atoms with Gasteiger partial charge in [-0.15, -0.1) is 10.2 Å². The molecule has 158 valence electrons. The quantitative estimate of drug-likeness (QED) is 0.545. The minimum absolute atomic E-state index is 0.257. The Morgan fingerprint density at radius 2 is 2.14 bits per heavy atom. The third-order valence-electron chi connectivity index (χ3n) is 5.43. The zero-order chi connectivity index (χ0) is 20.1. The smallest absolute Gasteiger partial charge is 0.191 e. The highest BCUT2D eigenvalue weighted by Gasteiger charge is 2.22. The molecule has 1 unspecified atom stereocenters. The average Bonchev–Trinajstić information content (AvgIpc) is 3.21. The van der Waals surface area contributed by atoms with E-state index in [9.17, 15) is 0 Å². The van der Waals surface area contributed by atoms with Crippen molar-refractivity contribution in [2.75, 3.05) is 13.7 Å². The van der Waals surface area contributed by atoms with Gasteiger partial charge in [0.2, 0.25) is 0 Å². The van der Waals surface area contributed by atoms with E-state index in [-0.39, 0.29) is 6.04 Å². The standard InChI is InChI=1S/C19H31N9O/c1-3-20-19(21-11-18-25-24-17-7-5-4-6-10-27(17)18)22-14-8-9-16-23-15(13-29-2)26-28(16)12-14/h14H,3-13H2,1-2H3,(H2,20,21,22). The maximum Gasteiger partial charge on any atom is 0.191 e. The van der Waals surface area contributed by atoms with Crippen LogP contribution < -0.4 is 10.6 Å². The molecule has 10 nitrogen and oxygen atoms in total. The molecule has 0 radical (unpaired) electrons. The molecule has 2 N–H and O–H groups in total. The monoisotopic (exact) mass is 401 g/mol. The van der Waals surface area contributed by atoms with E-state index in [1.54, 1.807) is 7.11 Å². The fraction of sp³-hybridized carbons (Fsp3) is 0.737. The summed E-state index contributed by atoms with van der Waals surface area (Å²) in [6.45, 7) is 5.64. The van der Waals surface area contributed by atoms with Crippen LogP contribution in [-0.4, -0.2) is 55.2 Å². The number of rotatable bonds is 6. The summed E-state index contributed by atoms with van der Waals surface area (Å²) in [6.07, 6.45) is 6.55. The molecule has 0 aliphatic carbocycles. The van der Waals surface area contributed by atoms with Crippen LogP contribution in [0.1, 0.15) is 55.9 Å². The molecule has 4 heterocycles. The van der Waals surface area contributed by atoms with Gasteiger partial charge in [0.25, 0.3) is 0 Å². The van der Waals surface area contributed by atoms with Gasteiger partial charge in [-0.1, -0.05) is 6.42 Å². The molecular weight excluding hydrogens is 370 g/mol. The highest BCUT2D eigenvalue weighted by atomic mass is 16.5. The Labute approximate surface area is 171 Å². The second-order valence-electron chi connectivity index (χ2n) is 7.63. The third kappa shape index (κ3) is 4.75. The van der Waals surface area contributed by atoms with Gasteiger partial charge < -0.3 is 19.9 Å². The van der Waals surface area contributed by atoms with E-state index in [0.29, 0.717) is 13.2 Å². The van der Waals surface area contributed by atoms with Gasteiger partial charge in [-0.05, 0) is 26.2 Å². The summed E-state index contributed by atoms with van der Waals surface area (Å²) in [7, 11) is 1.66. The molecule has 29 heavy (non-hydrogen) atoms. The summed E-state index contributed by atoms with van der Waals surface area (Å²) in [4.78, 5) is 9.33.